The Morgan fingerprint density at radius 2 is 1.81 bits per heavy atom. The lowest BCUT2D eigenvalue weighted by Crippen LogP contribution is -2.45. The van der Waals surface area contributed by atoms with E-state index in [-0.39, 0.29) is 28.3 Å². The van der Waals surface area contributed by atoms with Gasteiger partial charge in [-0.15, -0.1) is 6.58 Å². The van der Waals surface area contributed by atoms with E-state index in [9.17, 15) is 22.4 Å². The van der Waals surface area contributed by atoms with Crippen molar-refractivity contribution in [3.63, 3.8) is 0 Å². The number of carbonyl (C=O) groups excluding carboxylic acids is 2. The summed E-state index contributed by atoms with van der Waals surface area (Å²) in [7, 11) is -3.87. The fourth-order valence-corrected chi connectivity index (χ4v) is 4.44. The molecule has 1 atom stereocenters. The van der Waals surface area contributed by atoms with Gasteiger partial charge in [-0.2, -0.15) is 0 Å². The fraction of sp³-hybridized carbons (Fsp3) is 0.273. The van der Waals surface area contributed by atoms with Crippen molar-refractivity contribution in [1.29, 1.82) is 0 Å². The Bertz CT molecular complexity index is 1050. The number of carbonyl (C=O) groups is 2. The summed E-state index contributed by atoms with van der Waals surface area (Å²) in [5, 5.41) is 2.77. The van der Waals surface area contributed by atoms with Crippen molar-refractivity contribution in [1.82, 2.24) is 10.2 Å². The van der Waals surface area contributed by atoms with Gasteiger partial charge < -0.3 is 10.2 Å². The van der Waals surface area contributed by atoms with Gasteiger partial charge in [-0.05, 0) is 61.4 Å². The van der Waals surface area contributed by atoms with Crippen LogP contribution in [0.15, 0.2) is 66.1 Å². The number of nitrogens with one attached hydrogen (secondary N) is 2. The molecule has 0 aromatic heterocycles. The normalized spacial score (nSPS) is 16.4. The molecule has 0 unspecified atom stereocenters. The first kappa shape index (κ1) is 22.5. The van der Waals surface area contributed by atoms with Crippen LogP contribution in [0.5, 0.6) is 0 Å². The molecule has 0 saturated carbocycles. The third-order valence-electron chi connectivity index (χ3n) is 5.01. The Kier molecular flexibility index (Phi) is 7.06. The fourth-order valence-electron chi connectivity index (χ4n) is 3.38. The number of anilines is 1. The minimum atomic E-state index is -3.87. The van der Waals surface area contributed by atoms with Gasteiger partial charge in [-0.25, -0.2) is 12.8 Å². The molecular formula is C22H24FN3O4S. The molecule has 2 aromatic carbocycles. The molecule has 1 fully saturated rings. The van der Waals surface area contributed by atoms with Crippen LogP contribution in [0.2, 0.25) is 0 Å². The highest BCUT2D eigenvalue weighted by molar-refractivity contribution is 7.92. The van der Waals surface area contributed by atoms with Crippen LogP contribution in [0.1, 0.15) is 23.2 Å². The largest absolute Gasteiger partial charge is 0.352 e. The smallest absolute Gasteiger partial charge is 0.261 e. The molecule has 31 heavy (non-hydrogen) atoms. The molecule has 0 aliphatic carbocycles. The van der Waals surface area contributed by atoms with E-state index in [1.807, 2.05) is 0 Å². The van der Waals surface area contributed by atoms with Crippen LogP contribution in [-0.2, 0) is 14.8 Å². The summed E-state index contributed by atoms with van der Waals surface area (Å²) in [4.78, 5) is 26.6. The lowest BCUT2D eigenvalue weighted by atomic mass is 9.96. The van der Waals surface area contributed by atoms with Gasteiger partial charge in [-0.3, -0.25) is 14.3 Å². The highest BCUT2D eigenvalue weighted by Crippen LogP contribution is 2.21. The number of hydrogen-bond acceptors (Lipinski definition) is 4. The first-order valence-corrected chi connectivity index (χ1v) is 11.3. The average molecular weight is 446 g/mol. The van der Waals surface area contributed by atoms with E-state index in [1.165, 1.54) is 36.4 Å². The van der Waals surface area contributed by atoms with Crippen molar-refractivity contribution in [2.24, 2.45) is 5.92 Å². The monoisotopic (exact) mass is 445 g/mol. The first-order chi connectivity index (χ1) is 14.8. The van der Waals surface area contributed by atoms with Crippen LogP contribution < -0.4 is 10.0 Å². The van der Waals surface area contributed by atoms with Gasteiger partial charge in [0.05, 0.1) is 10.8 Å². The third kappa shape index (κ3) is 5.69. The second-order valence-electron chi connectivity index (χ2n) is 7.26. The quantitative estimate of drug-likeness (QED) is 0.641. The number of likely N-dealkylation sites (tertiary alicyclic amines) is 1. The maximum absolute atomic E-state index is 13.0. The molecule has 1 aliphatic heterocycles. The topological polar surface area (TPSA) is 95.6 Å². The van der Waals surface area contributed by atoms with E-state index in [4.69, 9.17) is 0 Å². The van der Waals surface area contributed by atoms with E-state index >= 15 is 0 Å². The summed E-state index contributed by atoms with van der Waals surface area (Å²) in [6, 6.07) is 10.5. The first-order valence-electron chi connectivity index (χ1n) is 9.86. The minimum absolute atomic E-state index is 0.0665. The molecule has 3 rings (SSSR count). The minimum Gasteiger partial charge on any atom is -0.352 e. The molecule has 0 radical (unpaired) electrons. The predicted molar refractivity (Wildman–Crippen MR) is 115 cm³/mol. The molecule has 1 heterocycles. The molecule has 7 nitrogen and oxygen atoms in total. The zero-order valence-corrected chi connectivity index (χ0v) is 17.7. The number of nitrogens with zero attached hydrogens (tertiary/aromatic N) is 1. The summed E-state index contributed by atoms with van der Waals surface area (Å²) in [5.41, 5.74) is 0.679. The van der Waals surface area contributed by atoms with Crippen molar-refractivity contribution in [3.05, 3.63) is 72.6 Å². The number of piperidine rings is 1. The van der Waals surface area contributed by atoms with Gasteiger partial charge in [0.25, 0.3) is 15.9 Å². The summed E-state index contributed by atoms with van der Waals surface area (Å²) in [6.07, 6.45) is 3.06. The number of benzene rings is 2. The molecule has 9 heteroatoms. The third-order valence-corrected chi connectivity index (χ3v) is 6.41. The Morgan fingerprint density at radius 1 is 1.13 bits per heavy atom. The number of rotatable bonds is 7. The van der Waals surface area contributed by atoms with Crippen molar-refractivity contribution >= 4 is 27.5 Å². The molecule has 2 aromatic rings. The number of amides is 2. The zero-order chi connectivity index (χ0) is 22.4. The number of sulfonamides is 1. The van der Waals surface area contributed by atoms with Crippen molar-refractivity contribution in [2.45, 2.75) is 17.7 Å². The Hall–Kier alpha value is -3.20. The number of hydrogen-bond donors (Lipinski definition) is 2. The highest BCUT2D eigenvalue weighted by Gasteiger charge is 2.28. The van der Waals surface area contributed by atoms with Crippen LogP contribution in [-0.4, -0.2) is 44.8 Å². The van der Waals surface area contributed by atoms with E-state index in [1.54, 1.807) is 11.0 Å². The highest BCUT2D eigenvalue weighted by atomic mass is 32.2. The Morgan fingerprint density at radius 3 is 2.45 bits per heavy atom. The van der Waals surface area contributed by atoms with Crippen LogP contribution in [0.3, 0.4) is 0 Å². The summed E-state index contributed by atoms with van der Waals surface area (Å²) in [6.45, 7) is 4.85. The molecule has 1 aliphatic rings. The molecule has 0 spiro atoms. The molecule has 2 amide bonds. The van der Waals surface area contributed by atoms with Crippen LogP contribution in [0, 0.1) is 11.7 Å². The number of halogens is 1. The summed E-state index contributed by atoms with van der Waals surface area (Å²) in [5.74, 6) is -1.10. The maximum Gasteiger partial charge on any atom is 0.261 e. The predicted octanol–water partition coefficient (Wildman–Crippen LogP) is 2.78. The van der Waals surface area contributed by atoms with Gasteiger partial charge >= 0.3 is 0 Å². The zero-order valence-electron chi connectivity index (χ0n) is 16.9. The summed E-state index contributed by atoms with van der Waals surface area (Å²) >= 11 is 0. The van der Waals surface area contributed by atoms with Gasteiger partial charge in [0.1, 0.15) is 5.82 Å². The van der Waals surface area contributed by atoms with Gasteiger partial charge in [0.2, 0.25) is 5.91 Å². The average Bonchev–Trinajstić information content (AvgIpc) is 2.77. The molecular weight excluding hydrogens is 421 g/mol. The summed E-state index contributed by atoms with van der Waals surface area (Å²) < 4.78 is 40.2. The lowest BCUT2D eigenvalue weighted by molar-refractivity contribution is -0.126. The lowest BCUT2D eigenvalue weighted by Gasteiger charge is -2.32. The van der Waals surface area contributed by atoms with Crippen LogP contribution in [0.4, 0.5) is 10.1 Å². The van der Waals surface area contributed by atoms with E-state index in [0.717, 1.165) is 25.0 Å². The van der Waals surface area contributed by atoms with Gasteiger partial charge in [0, 0.05) is 30.9 Å². The molecule has 2 N–H and O–H groups in total. The van der Waals surface area contributed by atoms with E-state index in [0.29, 0.717) is 25.2 Å². The molecule has 0 bridgehead atoms. The van der Waals surface area contributed by atoms with Gasteiger partial charge in [0.15, 0.2) is 0 Å². The van der Waals surface area contributed by atoms with Gasteiger partial charge in [-0.1, -0.05) is 6.08 Å². The standard InChI is InChI=1S/C22H24FN3O4S/c1-2-13-24-21(27)17-4-3-14-26(15-17)22(28)16-5-9-19(10-6-16)25-31(29,30)20-11-7-18(23)8-12-20/h2,5-12,17,25H,1,3-4,13-15H2,(H,24,27)/t17-/m1/s1. The molecule has 1 saturated heterocycles. The Balaban J connectivity index is 1.65. The Labute approximate surface area is 181 Å². The van der Waals surface area contributed by atoms with Crippen LogP contribution >= 0.6 is 0 Å². The van der Waals surface area contributed by atoms with Crippen molar-refractivity contribution < 1.29 is 22.4 Å². The van der Waals surface area contributed by atoms with Crippen molar-refractivity contribution in [3.8, 4) is 0 Å². The second-order valence-corrected chi connectivity index (χ2v) is 8.94. The maximum atomic E-state index is 13.0. The second kappa shape index (κ2) is 9.74. The van der Waals surface area contributed by atoms with Crippen LogP contribution in [0.25, 0.3) is 0 Å². The SMILES string of the molecule is C=CCNC(=O)[C@@H]1CCCN(C(=O)c2ccc(NS(=O)(=O)c3ccc(F)cc3)cc2)C1. The van der Waals surface area contributed by atoms with E-state index < -0.39 is 15.8 Å². The van der Waals surface area contributed by atoms with E-state index in [2.05, 4.69) is 16.6 Å². The van der Waals surface area contributed by atoms with Crippen molar-refractivity contribution in [2.75, 3.05) is 24.4 Å². The molecule has 164 valence electrons.